The van der Waals surface area contributed by atoms with Gasteiger partial charge in [-0.3, -0.25) is 4.79 Å². The third-order valence-corrected chi connectivity index (χ3v) is 5.59. The number of carbonyl (C=O) groups excluding carboxylic acids is 1. The SMILES string of the molecule is CCO[Si](OCC)(OCC)C(=O)[C@@H](N)CCCCN. The maximum absolute atomic E-state index is 12.5. The molecule has 6 nitrogen and oxygen atoms in total. The molecule has 0 aliphatic rings. The highest BCUT2D eigenvalue weighted by Crippen LogP contribution is 2.15. The third-order valence-electron chi connectivity index (χ3n) is 2.61. The van der Waals surface area contributed by atoms with Gasteiger partial charge in [0.15, 0.2) is 0 Å². The molecule has 0 aromatic carbocycles. The summed E-state index contributed by atoms with van der Waals surface area (Å²) in [6, 6.07) is -0.608. The third kappa shape index (κ3) is 6.11. The highest BCUT2D eigenvalue weighted by molar-refractivity contribution is 6.93. The minimum Gasteiger partial charge on any atom is -0.369 e. The molecule has 0 aliphatic carbocycles. The zero-order valence-electron chi connectivity index (χ0n) is 12.3. The van der Waals surface area contributed by atoms with Gasteiger partial charge in [-0.15, -0.1) is 0 Å². The van der Waals surface area contributed by atoms with Gasteiger partial charge in [-0.05, 0) is 40.2 Å². The number of rotatable bonds is 12. The predicted octanol–water partition coefficient (Wildman–Crippen LogP) is 0.599. The Balaban J connectivity index is 4.75. The fourth-order valence-electron chi connectivity index (χ4n) is 1.78. The number of carbonyl (C=O) groups is 1. The Morgan fingerprint density at radius 3 is 1.89 bits per heavy atom. The molecule has 0 rings (SSSR count). The molecule has 0 aliphatic heterocycles. The first-order chi connectivity index (χ1) is 9.07. The molecule has 0 heterocycles. The van der Waals surface area contributed by atoms with Gasteiger partial charge in [-0.1, -0.05) is 6.42 Å². The summed E-state index contributed by atoms with van der Waals surface area (Å²) in [5, 5.41) is -0.227. The quantitative estimate of drug-likeness (QED) is 0.404. The smallest absolute Gasteiger partial charge is 0.369 e. The monoisotopic (exact) mass is 292 g/mol. The minimum absolute atomic E-state index is 0.227. The summed E-state index contributed by atoms with van der Waals surface area (Å²) >= 11 is 0. The van der Waals surface area contributed by atoms with E-state index < -0.39 is 14.8 Å². The van der Waals surface area contributed by atoms with Gasteiger partial charge in [0.2, 0.25) is 5.41 Å². The average Bonchev–Trinajstić information content (AvgIpc) is 2.38. The molecule has 0 saturated carbocycles. The molecule has 0 unspecified atom stereocenters. The normalized spacial score (nSPS) is 13.5. The van der Waals surface area contributed by atoms with Crippen LogP contribution in [0.15, 0.2) is 0 Å². The fraction of sp³-hybridized carbons (Fsp3) is 0.917. The van der Waals surface area contributed by atoms with Crippen molar-refractivity contribution in [2.75, 3.05) is 26.4 Å². The fourth-order valence-corrected chi connectivity index (χ4v) is 4.19. The van der Waals surface area contributed by atoms with E-state index in [1.165, 1.54) is 0 Å². The van der Waals surface area contributed by atoms with E-state index in [0.717, 1.165) is 12.8 Å². The molecule has 114 valence electrons. The Kier molecular flexibility index (Phi) is 10.3. The summed E-state index contributed by atoms with van der Waals surface area (Å²) in [7, 11) is -3.32. The summed E-state index contributed by atoms with van der Waals surface area (Å²) in [4.78, 5) is 12.5. The van der Waals surface area contributed by atoms with Crippen LogP contribution >= 0.6 is 0 Å². The summed E-state index contributed by atoms with van der Waals surface area (Å²) in [6.07, 6.45) is 2.25. The second-order valence-corrected chi connectivity index (χ2v) is 6.58. The lowest BCUT2D eigenvalue weighted by atomic mass is 10.1. The standard InChI is InChI=1S/C12H28N2O4Si/c1-4-16-19(17-5-2,18-6-3)12(15)11(14)9-7-8-10-13/h11H,4-10,13-14H2,1-3H3/t11-/m0/s1. The first kappa shape index (κ1) is 18.7. The van der Waals surface area contributed by atoms with Gasteiger partial charge < -0.3 is 24.7 Å². The van der Waals surface area contributed by atoms with Gasteiger partial charge in [0.25, 0.3) is 0 Å². The van der Waals surface area contributed by atoms with Gasteiger partial charge in [0, 0.05) is 19.8 Å². The Bertz CT molecular complexity index is 237. The summed E-state index contributed by atoms with van der Waals surface area (Å²) < 4.78 is 16.6. The molecule has 0 amide bonds. The molecule has 0 saturated heterocycles. The topological polar surface area (TPSA) is 96.8 Å². The lowest BCUT2D eigenvalue weighted by Gasteiger charge is -2.28. The van der Waals surface area contributed by atoms with Gasteiger partial charge in [-0.25, -0.2) is 0 Å². The number of nitrogens with two attached hydrogens (primary N) is 2. The second-order valence-electron chi connectivity index (χ2n) is 4.11. The van der Waals surface area contributed by atoms with Crippen LogP contribution in [-0.2, 0) is 18.1 Å². The Labute approximate surface area is 117 Å². The van der Waals surface area contributed by atoms with E-state index in [2.05, 4.69) is 0 Å². The van der Waals surface area contributed by atoms with Crippen LogP contribution in [-0.4, -0.2) is 46.6 Å². The van der Waals surface area contributed by atoms with Crippen molar-refractivity contribution in [2.24, 2.45) is 11.5 Å². The van der Waals surface area contributed by atoms with Crippen molar-refractivity contribution < 1.29 is 18.1 Å². The van der Waals surface area contributed by atoms with E-state index >= 15 is 0 Å². The molecule has 0 bridgehead atoms. The maximum atomic E-state index is 12.5. The minimum atomic E-state index is -3.32. The summed E-state index contributed by atoms with van der Waals surface area (Å²) in [6.45, 7) is 7.15. The van der Waals surface area contributed by atoms with Crippen LogP contribution in [0.5, 0.6) is 0 Å². The van der Waals surface area contributed by atoms with Crippen molar-refractivity contribution in [2.45, 2.75) is 46.1 Å². The maximum Gasteiger partial charge on any atom is 0.576 e. The van der Waals surface area contributed by atoms with Crippen LogP contribution in [0.1, 0.15) is 40.0 Å². The van der Waals surface area contributed by atoms with Crippen molar-refractivity contribution in [3.8, 4) is 0 Å². The Morgan fingerprint density at radius 2 is 1.53 bits per heavy atom. The van der Waals surface area contributed by atoms with Crippen molar-refractivity contribution >= 4 is 14.2 Å². The zero-order chi connectivity index (χ0) is 14.7. The van der Waals surface area contributed by atoms with Crippen LogP contribution in [0.4, 0.5) is 0 Å². The predicted molar refractivity (Wildman–Crippen MR) is 76.5 cm³/mol. The molecule has 0 fully saturated rings. The molecule has 19 heavy (non-hydrogen) atoms. The van der Waals surface area contributed by atoms with E-state index in [-0.39, 0.29) is 5.41 Å². The van der Waals surface area contributed by atoms with Gasteiger partial charge in [0.05, 0.1) is 6.04 Å². The lowest BCUT2D eigenvalue weighted by molar-refractivity contribution is -0.120. The molecule has 0 spiro atoms. The molecule has 7 heteroatoms. The van der Waals surface area contributed by atoms with Crippen LogP contribution in [0.3, 0.4) is 0 Å². The first-order valence-corrected chi connectivity index (χ1v) is 8.72. The van der Waals surface area contributed by atoms with Gasteiger partial charge in [-0.2, -0.15) is 0 Å². The van der Waals surface area contributed by atoms with Crippen LogP contribution in [0.2, 0.25) is 0 Å². The molecule has 0 aromatic rings. The summed E-state index contributed by atoms with van der Waals surface area (Å²) in [5.74, 6) is 0. The summed E-state index contributed by atoms with van der Waals surface area (Å²) in [5.41, 5.74) is 11.4. The van der Waals surface area contributed by atoms with E-state index in [1.807, 2.05) is 20.8 Å². The number of hydrogen-bond donors (Lipinski definition) is 2. The van der Waals surface area contributed by atoms with Gasteiger partial charge in [0.1, 0.15) is 0 Å². The highest BCUT2D eigenvalue weighted by Gasteiger charge is 2.51. The van der Waals surface area contributed by atoms with E-state index in [0.29, 0.717) is 32.8 Å². The second kappa shape index (κ2) is 10.5. The molecule has 1 atom stereocenters. The Hall–Kier alpha value is -0.313. The lowest BCUT2D eigenvalue weighted by Crippen LogP contribution is -2.59. The molecule has 4 N–H and O–H groups in total. The van der Waals surface area contributed by atoms with Crippen molar-refractivity contribution in [3.05, 3.63) is 0 Å². The van der Waals surface area contributed by atoms with E-state index in [4.69, 9.17) is 24.7 Å². The van der Waals surface area contributed by atoms with Crippen LogP contribution in [0, 0.1) is 0 Å². The van der Waals surface area contributed by atoms with E-state index in [1.54, 1.807) is 0 Å². The number of unbranched alkanes of at least 4 members (excludes halogenated alkanes) is 1. The highest BCUT2D eigenvalue weighted by atomic mass is 28.4. The van der Waals surface area contributed by atoms with E-state index in [9.17, 15) is 4.79 Å². The van der Waals surface area contributed by atoms with Gasteiger partial charge >= 0.3 is 8.80 Å². The zero-order valence-corrected chi connectivity index (χ0v) is 13.3. The Morgan fingerprint density at radius 1 is 1.05 bits per heavy atom. The van der Waals surface area contributed by atoms with Crippen molar-refractivity contribution in [3.63, 3.8) is 0 Å². The number of hydrogen-bond acceptors (Lipinski definition) is 6. The molecular formula is C12H28N2O4Si. The average molecular weight is 292 g/mol. The molecular weight excluding hydrogens is 264 g/mol. The van der Waals surface area contributed by atoms with Crippen LogP contribution in [0.25, 0.3) is 0 Å². The van der Waals surface area contributed by atoms with Crippen molar-refractivity contribution in [1.82, 2.24) is 0 Å². The van der Waals surface area contributed by atoms with Crippen LogP contribution < -0.4 is 11.5 Å². The molecule has 0 radical (unpaired) electrons. The van der Waals surface area contributed by atoms with Crippen molar-refractivity contribution in [1.29, 1.82) is 0 Å². The molecule has 0 aromatic heterocycles. The largest absolute Gasteiger partial charge is 0.576 e. The first-order valence-electron chi connectivity index (χ1n) is 6.99.